The Hall–Kier alpha value is -1.96. The first-order chi connectivity index (χ1) is 15.3. The van der Waals surface area contributed by atoms with Crippen molar-refractivity contribution in [2.24, 2.45) is 0 Å². The third-order valence-corrected chi connectivity index (χ3v) is 6.13. The molecule has 0 aliphatic heterocycles. The fourth-order valence-corrected chi connectivity index (χ4v) is 4.24. The highest BCUT2D eigenvalue weighted by Gasteiger charge is 2.15. The second-order valence-corrected chi connectivity index (χ2v) is 8.86. The van der Waals surface area contributed by atoms with E-state index in [1.165, 1.54) is 88.2 Å². The second-order valence-electron chi connectivity index (χ2n) is 8.86. The molecule has 0 spiro atoms. The summed E-state index contributed by atoms with van der Waals surface area (Å²) in [6.07, 6.45) is 18.9. The minimum Gasteiger partial charge on any atom is -0.504 e. The van der Waals surface area contributed by atoms with Crippen LogP contribution in [0.2, 0.25) is 0 Å². The predicted molar refractivity (Wildman–Crippen MR) is 133 cm³/mol. The van der Waals surface area contributed by atoms with Crippen molar-refractivity contribution in [1.29, 1.82) is 0 Å². The third kappa shape index (κ3) is 9.80. The highest BCUT2D eigenvalue weighted by Crippen LogP contribution is 2.38. The van der Waals surface area contributed by atoms with E-state index in [0.717, 1.165) is 25.0 Å². The van der Waals surface area contributed by atoms with Gasteiger partial charge in [-0.25, -0.2) is 0 Å². The lowest BCUT2D eigenvalue weighted by Gasteiger charge is -2.17. The van der Waals surface area contributed by atoms with Gasteiger partial charge in [0, 0.05) is 5.56 Å². The summed E-state index contributed by atoms with van der Waals surface area (Å²) in [5, 5.41) is 10.6. The molecule has 0 radical (unpaired) electrons. The van der Waals surface area contributed by atoms with Crippen molar-refractivity contribution >= 4 is 0 Å². The van der Waals surface area contributed by atoms with Crippen molar-refractivity contribution in [2.45, 2.75) is 110 Å². The largest absolute Gasteiger partial charge is 0.504 e. The molecule has 0 bridgehead atoms. The average molecular weight is 425 g/mol. The van der Waals surface area contributed by atoms with Gasteiger partial charge in [-0.1, -0.05) is 109 Å². The monoisotopic (exact) mass is 424 g/mol. The summed E-state index contributed by atoms with van der Waals surface area (Å²) in [4.78, 5) is 0. The lowest BCUT2D eigenvalue weighted by Crippen LogP contribution is -2.00. The van der Waals surface area contributed by atoms with Crippen LogP contribution in [0.1, 0.15) is 108 Å². The van der Waals surface area contributed by atoms with Gasteiger partial charge in [0.2, 0.25) is 0 Å². The average Bonchev–Trinajstić information content (AvgIpc) is 2.79. The Bertz CT molecular complexity index is 708. The maximum atomic E-state index is 10.6. The molecule has 0 fully saturated rings. The normalized spacial score (nSPS) is 11.0. The molecule has 2 aromatic rings. The quantitative estimate of drug-likeness (QED) is 0.256. The van der Waals surface area contributed by atoms with E-state index in [-0.39, 0.29) is 5.75 Å². The number of phenols is 1. The number of hydrogen-bond donors (Lipinski definition) is 1. The van der Waals surface area contributed by atoms with Crippen LogP contribution in [-0.4, -0.2) is 5.11 Å². The second kappa shape index (κ2) is 15.8. The maximum absolute atomic E-state index is 10.6. The van der Waals surface area contributed by atoms with E-state index in [9.17, 15) is 5.11 Å². The number of phenolic OH excluding ortho intramolecular Hbond substituents is 1. The number of rotatable bonds is 17. The van der Waals surface area contributed by atoms with E-state index < -0.39 is 0 Å². The van der Waals surface area contributed by atoms with E-state index in [0.29, 0.717) is 5.75 Å². The van der Waals surface area contributed by atoms with Gasteiger partial charge >= 0.3 is 0 Å². The molecule has 0 aliphatic rings. The van der Waals surface area contributed by atoms with Gasteiger partial charge in [-0.05, 0) is 49.4 Å². The molecule has 0 atom stereocenters. The summed E-state index contributed by atoms with van der Waals surface area (Å²) >= 11 is 0. The lowest BCUT2D eigenvalue weighted by atomic mass is 9.95. The zero-order valence-corrected chi connectivity index (χ0v) is 20.0. The van der Waals surface area contributed by atoms with E-state index in [1.54, 1.807) is 0 Å². The molecule has 0 saturated carbocycles. The van der Waals surface area contributed by atoms with Gasteiger partial charge in [0.1, 0.15) is 5.75 Å². The van der Waals surface area contributed by atoms with Crippen molar-refractivity contribution in [3.05, 3.63) is 53.6 Å². The molecule has 31 heavy (non-hydrogen) atoms. The summed E-state index contributed by atoms with van der Waals surface area (Å²) in [7, 11) is 0. The van der Waals surface area contributed by atoms with Crippen molar-refractivity contribution in [3.63, 3.8) is 0 Å². The molecule has 2 rings (SSSR count). The number of para-hydroxylation sites is 1. The minimum atomic E-state index is 0.258. The summed E-state index contributed by atoms with van der Waals surface area (Å²) in [5.74, 6) is 1.71. The maximum Gasteiger partial charge on any atom is 0.172 e. The van der Waals surface area contributed by atoms with Crippen LogP contribution in [0.4, 0.5) is 0 Å². The molecule has 0 aromatic heterocycles. The Balaban J connectivity index is 2.01. The number of aromatic hydroxyl groups is 1. The summed E-state index contributed by atoms with van der Waals surface area (Å²) in [6, 6.07) is 13.8. The van der Waals surface area contributed by atoms with Crippen LogP contribution in [0.3, 0.4) is 0 Å². The van der Waals surface area contributed by atoms with E-state index in [4.69, 9.17) is 4.74 Å². The highest BCUT2D eigenvalue weighted by atomic mass is 16.5. The topological polar surface area (TPSA) is 29.5 Å². The first-order valence-corrected chi connectivity index (χ1v) is 12.8. The highest BCUT2D eigenvalue weighted by molar-refractivity contribution is 5.52. The van der Waals surface area contributed by atoms with Gasteiger partial charge in [-0.15, -0.1) is 0 Å². The van der Waals surface area contributed by atoms with Crippen LogP contribution in [0.5, 0.6) is 17.2 Å². The number of ether oxygens (including phenoxy) is 1. The molecule has 1 N–H and O–H groups in total. The molecular weight excluding hydrogens is 380 g/mol. The van der Waals surface area contributed by atoms with E-state index in [1.807, 2.05) is 36.4 Å². The smallest absolute Gasteiger partial charge is 0.172 e. The Labute approximate surface area is 191 Å². The predicted octanol–water partition coefficient (Wildman–Crippen LogP) is 9.38. The van der Waals surface area contributed by atoms with Crippen LogP contribution < -0.4 is 4.74 Å². The molecule has 2 aromatic carbocycles. The van der Waals surface area contributed by atoms with Crippen LogP contribution in [0, 0.1) is 0 Å². The summed E-state index contributed by atoms with van der Waals surface area (Å²) < 4.78 is 6.20. The first-order valence-electron chi connectivity index (χ1n) is 12.8. The number of aryl methyl sites for hydroxylation is 1. The first kappa shape index (κ1) is 25.3. The zero-order valence-electron chi connectivity index (χ0n) is 20.0. The third-order valence-electron chi connectivity index (χ3n) is 6.13. The van der Waals surface area contributed by atoms with Gasteiger partial charge in [-0.2, -0.15) is 0 Å². The van der Waals surface area contributed by atoms with Crippen molar-refractivity contribution in [2.75, 3.05) is 0 Å². The minimum absolute atomic E-state index is 0.258. The van der Waals surface area contributed by atoms with Crippen LogP contribution in [0.25, 0.3) is 0 Å². The van der Waals surface area contributed by atoms with Gasteiger partial charge < -0.3 is 9.84 Å². The van der Waals surface area contributed by atoms with E-state index in [2.05, 4.69) is 19.9 Å². The fraction of sp³-hybridized carbons (Fsp3) is 0.586. The number of benzene rings is 2. The van der Waals surface area contributed by atoms with Gasteiger partial charge in [0.25, 0.3) is 0 Å². The summed E-state index contributed by atoms with van der Waals surface area (Å²) in [5.41, 5.74) is 2.56. The SMILES string of the molecule is CCCCCCCCCCc1c(CCCCCCC)ccc(O)c1Oc1ccccc1. The molecule has 0 aliphatic carbocycles. The molecule has 2 heteroatoms. The molecule has 0 amide bonds. The van der Waals surface area contributed by atoms with Gasteiger partial charge in [0.05, 0.1) is 0 Å². The molecule has 0 saturated heterocycles. The van der Waals surface area contributed by atoms with Crippen LogP contribution in [0.15, 0.2) is 42.5 Å². The Kier molecular flexibility index (Phi) is 12.9. The Morgan fingerprint density at radius 1 is 0.613 bits per heavy atom. The molecule has 0 unspecified atom stereocenters. The molecule has 2 nitrogen and oxygen atoms in total. The Morgan fingerprint density at radius 2 is 1.16 bits per heavy atom. The molecular formula is C29H44O2. The number of hydrogen-bond acceptors (Lipinski definition) is 2. The van der Waals surface area contributed by atoms with E-state index >= 15 is 0 Å². The summed E-state index contributed by atoms with van der Waals surface area (Å²) in [6.45, 7) is 4.53. The lowest BCUT2D eigenvalue weighted by molar-refractivity contribution is 0.405. The zero-order chi connectivity index (χ0) is 22.2. The fourth-order valence-electron chi connectivity index (χ4n) is 4.24. The Morgan fingerprint density at radius 3 is 1.77 bits per heavy atom. The van der Waals surface area contributed by atoms with Crippen molar-refractivity contribution in [1.82, 2.24) is 0 Å². The van der Waals surface area contributed by atoms with Crippen molar-refractivity contribution in [3.8, 4) is 17.2 Å². The van der Waals surface area contributed by atoms with Crippen LogP contribution >= 0.6 is 0 Å². The van der Waals surface area contributed by atoms with Gasteiger partial charge in [-0.3, -0.25) is 0 Å². The molecule has 172 valence electrons. The number of unbranched alkanes of at least 4 members (excludes halogenated alkanes) is 11. The van der Waals surface area contributed by atoms with Crippen molar-refractivity contribution < 1.29 is 9.84 Å². The standard InChI is InChI=1S/C29H44O2/c1-3-5-7-9-10-11-13-18-22-27-25(19-15-12-8-6-4-2)23-24-28(30)29(27)31-26-20-16-14-17-21-26/h14,16-17,20-21,23-24,30H,3-13,15,18-19,22H2,1-2H3. The van der Waals surface area contributed by atoms with Gasteiger partial charge in [0.15, 0.2) is 11.5 Å². The van der Waals surface area contributed by atoms with Crippen LogP contribution in [-0.2, 0) is 12.8 Å². The molecule has 0 heterocycles.